The number of hydrogen-bond acceptors (Lipinski definition) is 4. The molecule has 0 heterocycles. The fourth-order valence-electron chi connectivity index (χ4n) is 4.23. The maximum absolute atomic E-state index is 14.1. The molecule has 0 bridgehead atoms. The number of carbonyl (C=O) groups excluding carboxylic acids is 3. The predicted molar refractivity (Wildman–Crippen MR) is 150 cm³/mol. The van der Waals surface area contributed by atoms with E-state index in [1.165, 1.54) is 0 Å². The summed E-state index contributed by atoms with van der Waals surface area (Å²) in [4.78, 5) is 42.1. The molecular weight excluding hydrogens is 466 g/mol. The van der Waals surface area contributed by atoms with Gasteiger partial charge in [0.2, 0.25) is 11.8 Å². The minimum atomic E-state index is -0.819. The Morgan fingerprint density at radius 3 is 2.14 bits per heavy atom. The first-order chi connectivity index (χ1) is 17.4. The minimum absolute atomic E-state index is 0.186. The van der Waals surface area contributed by atoms with Crippen LogP contribution in [0.2, 0.25) is 0 Å². The number of nitrogens with one attached hydrogen (secondary N) is 2. The van der Waals surface area contributed by atoms with Crippen LogP contribution in [0.15, 0.2) is 24.3 Å². The van der Waals surface area contributed by atoms with Crippen LogP contribution in [0, 0.1) is 12.8 Å². The van der Waals surface area contributed by atoms with Crippen LogP contribution in [-0.2, 0) is 14.3 Å². The molecule has 210 valence electrons. The average Bonchev–Trinajstić information content (AvgIpc) is 2.81. The predicted octanol–water partition coefficient (Wildman–Crippen LogP) is 6.30. The second-order valence-electron chi connectivity index (χ2n) is 11.2. The molecule has 1 rings (SSSR count). The van der Waals surface area contributed by atoms with Crippen molar-refractivity contribution in [3.63, 3.8) is 0 Å². The largest absolute Gasteiger partial charge is 0.444 e. The second kappa shape index (κ2) is 16.3. The molecule has 37 heavy (non-hydrogen) atoms. The Morgan fingerprint density at radius 2 is 1.57 bits per heavy atom. The number of benzene rings is 1. The van der Waals surface area contributed by atoms with Crippen molar-refractivity contribution in [2.45, 2.75) is 118 Å². The van der Waals surface area contributed by atoms with Gasteiger partial charge < -0.3 is 20.3 Å². The number of unbranched alkanes of at least 4 members (excludes halogenated alkanes) is 5. The van der Waals surface area contributed by atoms with Gasteiger partial charge in [-0.1, -0.05) is 84.1 Å². The third kappa shape index (κ3) is 11.6. The first kappa shape index (κ1) is 32.5. The van der Waals surface area contributed by atoms with Crippen molar-refractivity contribution in [3.05, 3.63) is 35.4 Å². The van der Waals surface area contributed by atoms with Gasteiger partial charge in [-0.25, -0.2) is 4.79 Å². The molecule has 0 saturated carbocycles. The van der Waals surface area contributed by atoms with Gasteiger partial charge in [-0.15, -0.1) is 0 Å². The molecule has 0 spiro atoms. The van der Waals surface area contributed by atoms with Crippen LogP contribution < -0.4 is 10.6 Å². The van der Waals surface area contributed by atoms with Gasteiger partial charge in [0, 0.05) is 13.1 Å². The Bertz CT molecular complexity index is 847. The summed E-state index contributed by atoms with van der Waals surface area (Å²) in [6.07, 6.45) is 6.22. The van der Waals surface area contributed by atoms with E-state index in [-0.39, 0.29) is 17.7 Å². The van der Waals surface area contributed by atoms with Gasteiger partial charge in [-0.05, 0) is 57.6 Å². The molecule has 3 amide bonds. The molecule has 0 aliphatic heterocycles. The lowest BCUT2D eigenvalue weighted by molar-refractivity contribution is -0.143. The van der Waals surface area contributed by atoms with Crippen LogP contribution in [0.1, 0.15) is 111 Å². The summed E-state index contributed by atoms with van der Waals surface area (Å²) in [6, 6.07) is 6.12. The number of carbonyl (C=O) groups is 3. The monoisotopic (exact) mass is 517 g/mol. The Balaban J connectivity index is 3.41. The Hall–Kier alpha value is -2.57. The molecule has 1 aromatic carbocycles. The zero-order chi connectivity index (χ0) is 28.0. The van der Waals surface area contributed by atoms with Crippen molar-refractivity contribution in [1.82, 2.24) is 15.5 Å². The first-order valence-corrected chi connectivity index (χ1v) is 14.1. The highest BCUT2D eigenvalue weighted by Gasteiger charge is 2.37. The standard InChI is InChI=1S/C30H51N3O4/c1-9-11-13-17-21-33(28(35)25(22(3)4)32-29(36)37-30(6,7)8)26(24-19-15-14-18-23(24)5)27(34)31-20-16-12-10-2/h14-15,18-19,22,25-26H,9-13,16-17,20-21H2,1-8H3,(H,31,34)(H,32,36). The van der Waals surface area contributed by atoms with E-state index in [9.17, 15) is 14.4 Å². The van der Waals surface area contributed by atoms with E-state index in [2.05, 4.69) is 24.5 Å². The van der Waals surface area contributed by atoms with Crippen molar-refractivity contribution in [2.75, 3.05) is 13.1 Å². The van der Waals surface area contributed by atoms with Gasteiger partial charge in [0.1, 0.15) is 17.7 Å². The average molecular weight is 518 g/mol. The number of hydrogen-bond donors (Lipinski definition) is 2. The number of rotatable bonds is 15. The molecule has 0 aromatic heterocycles. The van der Waals surface area contributed by atoms with Crippen LogP contribution >= 0.6 is 0 Å². The highest BCUT2D eigenvalue weighted by atomic mass is 16.6. The topological polar surface area (TPSA) is 87.7 Å². The van der Waals surface area contributed by atoms with E-state index in [1.807, 2.05) is 45.0 Å². The number of alkyl carbamates (subject to hydrolysis) is 1. The summed E-state index contributed by atoms with van der Waals surface area (Å²) in [5, 5.41) is 5.87. The summed E-state index contributed by atoms with van der Waals surface area (Å²) in [5.74, 6) is -0.647. The summed E-state index contributed by atoms with van der Waals surface area (Å²) >= 11 is 0. The van der Waals surface area contributed by atoms with Gasteiger partial charge in [0.15, 0.2) is 0 Å². The third-order valence-corrected chi connectivity index (χ3v) is 6.26. The van der Waals surface area contributed by atoms with Crippen LogP contribution in [0.5, 0.6) is 0 Å². The molecular formula is C30H51N3O4. The van der Waals surface area contributed by atoms with Crippen LogP contribution in [0.4, 0.5) is 4.79 Å². The van der Waals surface area contributed by atoms with Gasteiger partial charge in [-0.2, -0.15) is 0 Å². The minimum Gasteiger partial charge on any atom is -0.444 e. The Labute approximate surface area is 225 Å². The van der Waals surface area contributed by atoms with Gasteiger partial charge in [-0.3, -0.25) is 9.59 Å². The van der Waals surface area contributed by atoms with Gasteiger partial charge >= 0.3 is 6.09 Å². The zero-order valence-corrected chi connectivity index (χ0v) is 24.5. The van der Waals surface area contributed by atoms with E-state index in [1.54, 1.807) is 25.7 Å². The molecule has 2 atom stereocenters. The number of amides is 3. The van der Waals surface area contributed by atoms with Crippen molar-refractivity contribution >= 4 is 17.9 Å². The molecule has 7 nitrogen and oxygen atoms in total. The molecule has 2 N–H and O–H groups in total. The first-order valence-electron chi connectivity index (χ1n) is 14.1. The fourth-order valence-corrected chi connectivity index (χ4v) is 4.23. The zero-order valence-electron chi connectivity index (χ0n) is 24.5. The molecule has 0 aliphatic rings. The van der Waals surface area contributed by atoms with E-state index in [4.69, 9.17) is 4.74 Å². The van der Waals surface area contributed by atoms with E-state index >= 15 is 0 Å². The fraction of sp³-hybridized carbons (Fsp3) is 0.700. The summed E-state index contributed by atoms with van der Waals surface area (Å²) in [5.41, 5.74) is 1.07. The second-order valence-corrected chi connectivity index (χ2v) is 11.2. The lowest BCUT2D eigenvalue weighted by Crippen LogP contribution is -2.55. The van der Waals surface area contributed by atoms with Crippen LogP contribution in [0.3, 0.4) is 0 Å². The van der Waals surface area contributed by atoms with Crippen molar-refractivity contribution < 1.29 is 19.1 Å². The molecule has 0 fully saturated rings. The quantitative estimate of drug-likeness (QED) is 0.267. The highest BCUT2D eigenvalue weighted by molar-refractivity contribution is 5.92. The molecule has 7 heteroatoms. The van der Waals surface area contributed by atoms with Crippen LogP contribution in [-0.4, -0.2) is 47.5 Å². The Morgan fingerprint density at radius 1 is 0.946 bits per heavy atom. The van der Waals surface area contributed by atoms with Gasteiger partial charge in [0.05, 0.1) is 0 Å². The number of nitrogens with zero attached hydrogens (tertiary/aromatic N) is 1. The summed E-state index contributed by atoms with van der Waals surface area (Å²) in [7, 11) is 0. The molecule has 0 saturated heterocycles. The van der Waals surface area contributed by atoms with Crippen molar-refractivity contribution in [3.8, 4) is 0 Å². The lowest BCUT2D eigenvalue weighted by atomic mass is 9.95. The highest BCUT2D eigenvalue weighted by Crippen LogP contribution is 2.27. The Kier molecular flexibility index (Phi) is 14.3. The number of aryl methyl sites for hydroxylation is 1. The van der Waals surface area contributed by atoms with Gasteiger partial charge in [0.25, 0.3) is 0 Å². The normalized spacial score (nSPS) is 13.1. The summed E-state index contributed by atoms with van der Waals surface area (Å²) < 4.78 is 5.45. The van der Waals surface area contributed by atoms with E-state index < -0.39 is 23.8 Å². The third-order valence-electron chi connectivity index (χ3n) is 6.26. The smallest absolute Gasteiger partial charge is 0.408 e. The maximum Gasteiger partial charge on any atom is 0.408 e. The van der Waals surface area contributed by atoms with E-state index in [0.29, 0.717) is 13.1 Å². The van der Waals surface area contributed by atoms with E-state index in [0.717, 1.165) is 56.1 Å². The lowest BCUT2D eigenvalue weighted by Gasteiger charge is -2.36. The van der Waals surface area contributed by atoms with Crippen molar-refractivity contribution in [1.29, 1.82) is 0 Å². The van der Waals surface area contributed by atoms with Crippen molar-refractivity contribution in [2.24, 2.45) is 5.92 Å². The number of ether oxygens (including phenoxy) is 1. The molecule has 0 aliphatic carbocycles. The summed E-state index contributed by atoms with van der Waals surface area (Å²) in [6.45, 7) is 16.4. The molecule has 1 aromatic rings. The van der Waals surface area contributed by atoms with Crippen LogP contribution in [0.25, 0.3) is 0 Å². The SMILES string of the molecule is CCCCCCN(C(=O)C(NC(=O)OC(C)(C)C)C(C)C)C(C(=O)NCCCCC)c1ccccc1C. The maximum atomic E-state index is 14.1. The molecule has 2 unspecified atom stereocenters. The molecule has 0 radical (unpaired) electrons.